The highest BCUT2D eigenvalue weighted by Gasteiger charge is 2.68. The van der Waals surface area contributed by atoms with Gasteiger partial charge in [-0.15, -0.1) is 0 Å². The molecule has 2 saturated carbocycles. The van der Waals surface area contributed by atoms with Crippen LogP contribution in [0, 0.1) is 22.7 Å². The number of rotatable bonds is 4. The SMILES string of the molecule is CCCC[C@@H](C)C(=O)N1C2CCC(C)(C)C3CCC23CS1(=O)=O. The Morgan fingerprint density at radius 2 is 1.96 bits per heavy atom. The van der Waals surface area contributed by atoms with Crippen molar-refractivity contribution >= 4 is 15.9 Å². The third-order valence-corrected chi connectivity index (χ3v) is 8.86. The molecule has 4 nitrogen and oxygen atoms in total. The van der Waals surface area contributed by atoms with Crippen LogP contribution >= 0.6 is 0 Å². The Hall–Kier alpha value is -0.580. The fraction of sp³-hybridized carbons (Fsp3) is 0.944. The Kier molecular flexibility index (Phi) is 4.10. The van der Waals surface area contributed by atoms with Gasteiger partial charge in [-0.05, 0) is 43.4 Å². The predicted molar refractivity (Wildman–Crippen MR) is 91.3 cm³/mol. The first-order valence-electron chi connectivity index (χ1n) is 9.22. The number of unbranched alkanes of at least 4 members (excludes halogenated alkanes) is 1. The van der Waals surface area contributed by atoms with Gasteiger partial charge in [0.25, 0.3) is 0 Å². The van der Waals surface area contributed by atoms with Crippen molar-refractivity contribution in [3.05, 3.63) is 0 Å². The lowest BCUT2D eigenvalue weighted by Gasteiger charge is -2.60. The van der Waals surface area contributed by atoms with Crippen LogP contribution in [0.2, 0.25) is 0 Å². The molecule has 0 aromatic rings. The van der Waals surface area contributed by atoms with E-state index in [9.17, 15) is 13.2 Å². The van der Waals surface area contributed by atoms with Crippen molar-refractivity contribution in [3.8, 4) is 0 Å². The van der Waals surface area contributed by atoms with Gasteiger partial charge >= 0.3 is 0 Å². The highest BCUT2D eigenvalue weighted by Crippen LogP contribution is 2.66. The molecule has 3 aliphatic rings. The highest BCUT2D eigenvalue weighted by molar-refractivity contribution is 7.90. The molecule has 0 aromatic heterocycles. The molecule has 1 spiro atoms. The van der Waals surface area contributed by atoms with Crippen LogP contribution < -0.4 is 0 Å². The van der Waals surface area contributed by atoms with E-state index in [1.54, 1.807) is 0 Å². The van der Waals surface area contributed by atoms with Crippen molar-refractivity contribution in [1.29, 1.82) is 0 Å². The summed E-state index contributed by atoms with van der Waals surface area (Å²) in [6.45, 7) is 8.54. The van der Waals surface area contributed by atoms with Gasteiger partial charge in [-0.25, -0.2) is 12.7 Å². The van der Waals surface area contributed by atoms with E-state index in [-0.39, 0.29) is 34.4 Å². The van der Waals surface area contributed by atoms with Crippen LogP contribution in [0.3, 0.4) is 0 Å². The molecule has 1 amide bonds. The van der Waals surface area contributed by atoms with Gasteiger partial charge in [-0.2, -0.15) is 0 Å². The average Bonchev–Trinajstić information content (AvgIpc) is 2.68. The molecular weight excluding hydrogens is 310 g/mol. The number of hydrogen-bond acceptors (Lipinski definition) is 3. The first-order valence-corrected chi connectivity index (χ1v) is 10.8. The molecule has 1 saturated heterocycles. The largest absolute Gasteiger partial charge is 0.273 e. The van der Waals surface area contributed by atoms with Gasteiger partial charge < -0.3 is 0 Å². The lowest BCUT2D eigenvalue weighted by atomic mass is 9.45. The van der Waals surface area contributed by atoms with Crippen molar-refractivity contribution in [2.75, 3.05) is 5.75 Å². The zero-order valence-corrected chi connectivity index (χ0v) is 15.8. The van der Waals surface area contributed by atoms with Crippen molar-refractivity contribution < 1.29 is 13.2 Å². The summed E-state index contributed by atoms with van der Waals surface area (Å²) >= 11 is 0. The zero-order valence-electron chi connectivity index (χ0n) is 15.0. The van der Waals surface area contributed by atoms with E-state index in [1.165, 1.54) is 4.31 Å². The van der Waals surface area contributed by atoms with E-state index < -0.39 is 10.0 Å². The Morgan fingerprint density at radius 1 is 1.26 bits per heavy atom. The van der Waals surface area contributed by atoms with Crippen LogP contribution in [0.4, 0.5) is 0 Å². The van der Waals surface area contributed by atoms with E-state index >= 15 is 0 Å². The van der Waals surface area contributed by atoms with Gasteiger partial charge in [0.1, 0.15) is 0 Å². The average molecular weight is 342 g/mol. The Balaban J connectivity index is 1.89. The van der Waals surface area contributed by atoms with Crippen molar-refractivity contribution in [3.63, 3.8) is 0 Å². The van der Waals surface area contributed by atoms with E-state index in [1.807, 2.05) is 6.92 Å². The second kappa shape index (κ2) is 5.47. The number of carbonyl (C=O) groups is 1. The maximum absolute atomic E-state index is 12.9. The normalized spacial score (nSPS) is 38.3. The first-order chi connectivity index (χ1) is 10.7. The lowest BCUT2D eigenvalue weighted by molar-refractivity contribution is -0.144. The smallest absolute Gasteiger partial charge is 0.239 e. The van der Waals surface area contributed by atoms with Crippen molar-refractivity contribution in [2.24, 2.45) is 22.7 Å². The van der Waals surface area contributed by atoms with Crippen LogP contribution in [0.15, 0.2) is 0 Å². The number of hydrogen-bond donors (Lipinski definition) is 0. The van der Waals surface area contributed by atoms with Gasteiger partial charge in [-0.3, -0.25) is 4.79 Å². The van der Waals surface area contributed by atoms with Gasteiger partial charge in [0.15, 0.2) is 0 Å². The van der Waals surface area contributed by atoms with Crippen LogP contribution in [0.25, 0.3) is 0 Å². The molecule has 3 unspecified atom stereocenters. The number of nitrogens with zero attached hydrogens (tertiary/aromatic N) is 1. The van der Waals surface area contributed by atoms with Gasteiger partial charge in [0.2, 0.25) is 15.9 Å². The van der Waals surface area contributed by atoms with Gasteiger partial charge in [0.05, 0.1) is 11.8 Å². The maximum atomic E-state index is 12.9. The summed E-state index contributed by atoms with van der Waals surface area (Å²) in [4.78, 5) is 12.9. The highest BCUT2D eigenvalue weighted by atomic mass is 32.2. The molecule has 0 aromatic carbocycles. The van der Waals surface area contributed by atoms with E-state index in [0.29, 0.717) is 5.92 Å². The Labute approximate surface area is 141 Å². The fourth-order valence-corrected chi connectivity index (χ4v) is 8.08. The molecule has 0 N–H and O–H groups in total. The fourth-order valence-electron chi connectivity index (χ4n) is 5.56. The summed E-state index contributed by atoms with van der Waals surface area (Å²) in [7, 11) is -3.45. The summed E-state index contributed by atoms with van der Waals surface area (Å²) < 4.78 is 27.0. The number of sulfonamides is 1. The summed E-state index contributed by atoms with van der Waals surface area (Å²) in [5, 5.41) is 0. The summed E-state index contributed by atoms with van der Waals surface area (Å²) in [5.74, 6) is 0.316. The quantitative estimate of drug-likeness (QED) is 0.785. The second-order valence-electron chi connectivity index (χ2n) is 8.80. The molecular formula is C18H31NO3S. The number of carbonyl (C=O) groups excluding carboxylic acids is 1. The summed E-state index contributed by atoms with van der Waals surface area (Å²) in [6.07, 6.45) is 6.75. The third-order valence-electron chi connectivity index (χ3n) is 6.92. The molecule has 0 bridgehead atoms. The predicted octanol–water partition coefficient (Wildman–Crippen LogP) is 3.57. The molecule has 1 aliphatic heterocycles. The lowest BCUT2D eigenvalue weighted by Crippen LogP contribution is -2.60. The Bertz CT molecular complexity index is 597. The van der Waals surface area contributed by atoms with Crippen molar-refractivity contribution in [1.82, 2.24) is 4.31 Å². The molecule has 1 heterocycles. The third kappa shape index (κ3) is 2.45. The minimum atomic E-state index is -3.45. The Morgan fingerprint density at radius 3 is 2.52 bits per heavy atom. The molecule has 3 fully saturated rings. The summed E-state index contributed by atoms with van der Waals surface area (Å²) in [6, 6.07) is -0.0733. The van der Waals surface area contributed by atoms with Crippen LogP contribution in [-0.4, -0.2) is 30.4 Å². The first kappa shape index (κ1) is 17.2. The van der Waals surface area contributed by atoms with Crippen molar-refractivity contribution in [2.45, 2.75) is 78.7 Å². The molecule has 5 heteroatoms. The van der Waals surface area contributed by atoms with E-state index in [2.05, 4.69) is 20.8 Å². The minimum absolute atomic E-state index is 0.0733. The molecule has 23 heavy (non-hydrogen) atoms. The second-order valence-corrected chi connectivity index (χ2v) is 10.6. The van der Waals surface area contributed by atoms with Gasteiger partial charge in [-0.1, -0.05) is 40.5 Å². The minimum Gasteiger partial charge on any atom is -0.273 e. The maximum Gasteiger partial charge on any atom is 0.239 e. The van der Waals surface area contributed by atoms with Crippen LogP contribution in [-0.2, 0) is 14.8 Å². The number of amides is 1. The molecule has 132 valence electrons. The summed E-state index contributed by atoms with van der Waals surface area (Å²) in [5.41, 5.74) is 0.0534. The van der Waals surface area contributed by atoms with Gasteiger partial charge in [0, 0.05) is 11.3 Å². The van der Waals surface area contributed by atoms with Crippen LogP contribution in [0.1, 0.15) is 72.6 Å². The molecule has 4 atom stereocenters. The molecule has 0 radical (unpaired) electrons. The van der Waals surface area contributed by atoms with Crippen LogP contribution in [0.5, 0.6) is 0 Å². The molecule has 3 rings (SSSR count). The van der Waals surface area contributed by atoms with E-state index in [4.69, 9.17) is 0 Å². The van der Waals surface area contributed by atoms with E-state index in [0.717, 1.165) is 44.9 Å². The standard InChI is InChI=1S/C18H31NO3S/c1-5-6-7-13(2)16(20)19-15-9-10-17(3,4)14-8-11-18(14,15)12-23(19,21)22/h13-15H,5-12H2,1-4H3/t13-,14?,15?,18?/m1/s1. The zero-order chi connectivity index (χ0) is 17.0. The topological polar surface area (TPSA) is 54.5 Å². The molecule has 2 aliphatic carbocycles. The monoisotopic (exact) mass is 341 g/mol.